The van der Waals surface area contributed by atoms with Gasteiger partial charge in [0.1, 0.15) is 0 Å². The second-order valence-electron chi connectivity index (χ2n) is 5.80. The Labute approximate surface area is 120 Å². The monoisotopic (exact) mass is 308 g/mol. The van der Waals surface area contributed by atoms with Crippen molar-refractivity contribution >= 4 is 11.9 Å². The molecule has 0 spiro atoms. The van der Waals surface area contributed by atoms with E-state index in [1.807, 2.05) is 0 Å². The van der Waals surface area contributed by atoms with E-state index >= 15 is 0 Å². The van der Waals surface area contributed by atoms with Gasteiger partial charge in [-0.2, -0.15) is 13.2 Å². The largest absolute Gasteiger partial charge is 0.490 e. The minimum Gasteiger partial charge on any atom is -0.444 e. The second kappa shape index (κ2) is 6.21. The molecule has 2 aliphatic carbocycles. The summed E-state index contributed by atoms with van der Waals surface area (Å²) < 4.78 is 41.2. The first kappa shape index (κ1) is 16.1. The van der Waals surface area contributed by atoms with E-state index in [0.29, 0.717) is 12.3 Å². The zero-order valence-electron chi connectivity index (χ0n) is 11.5. The number of halogens is 3. The fraction of sp³-hybridized carbons (Fsp3) is 0.846. The Morgan fingerprint density at radius 3 is 2.29 bits per heavy atom. The van der Waals surface area contributed by atoms with Gasteiger partial charge in [-0.3, -0.25) is 4.79 Å². The summed E-state index contributed by atoms with van der Waals surface area (Å²) in [4.78, 5) is 22.9. The average molecular weight is 308 g/mol. The molecule has 21 heavy (non-hydrogen) atoms. The standard InChI is InChI=1S/C13H19F3N2O3/c14-13(15,16)12(20)21-10(11(19)18-8-4-5-8)9(17)6-7-2-1-3-7/h7-10H,1-6,17H2,(H,18,19)/t9-,10?/m0/s1. The van der Waals surface area contributed by atoms with Crippen LogP contribution in [-0.2, 0) is 14.3 Å². The molecule has 8 heteroatoms. The molecule has 2 fully saturated rings. The van der Waals surface area contributed by atoms with Crippen LogP contribution in [0.5, 0.6) is 0 Å². The predicted molar refractivity (Wildman–Crippen MR) is 67.0 cm³/mol. The number of carbonyl (C=O) groups excluding carboxylic acids is 2. The summed E-state index contributed by atoms with van der Waals surface area (Å²) in [6, 6.07) is -0.958. The minimum atomic E-state index is -5.13. The van der Waals surface area contributed by atoms with Crippen LogP contribution in [0, 0.1) is 5.92 Å². The molecule has 2 saturated carbocycles. The number of rotatable bonds is 6. The summed E-state index contributed by atoms with van der Waals surface area (Å²) in [5.74, 6) is -2.81. The lowest BCUT2D eigenvalue weighted by Crippen LogP contribution is -2.51. The SMILES string of the molecule is N[C@@H](CC1CCC1)C(OC(=O)C(F)(F)F)C(=O)NC1CC1. The first-order valence-electron chi connectivity index (χ1n) is 7.11. The number of nitrogens with one attached hydrogen (secondary N) is 1. The number of alkyl halides is 3. The fourth-order valence-corrected chi connectivity index (χ4v) is 2.27. The maximum absolute atomic E-state index is 12.3. The predicted octanol–water partition coefficient (Wildman–Crippen LogP) is 1.26. The molecule has 3 N–H and O–H groups in total. The Hall–Kier alpha value is -1.31. The third kappa shape index (κ3) is 4.59. The van der Waals surface area contributed by atoms with E-state index in [-0.39, 0.29) is 6.04 Å². The van der Waals surface area contributed by atoms with Crippen LogP contribution in [0.4, 0.5) is 13.2 Å². The van der Waals surface area contributed by atoms with Crippen molar-refractivity contribution in [3.63, 3.8) is 0 Å². The van der Waals surface area contributed by atoms with E-state index in [1.54, 1.807) is 0 Å². The van der Waals surface area contributed by atoms with Gasteiger partial charge in [0.05, 0.1) is 6.04 Å². The van der Waals surface area contributed by atoms with Crippen LogP contribution >= 0.6 is 0 Å². The van der Waals surface area contributed by atoms with Crippen molar-refractivity contribution in [1.29, 1.82) is 0 Å². The van der Waals surface area contributed by atoms with Crippen LogP contribution in [-0.4, -0.2) is 36.2 Å². The Kier molecular flexibility index (Phi) is 4.75. The number of ether oxygens (including phenoxy) is 1. The molecule has 0 aromatic carbocycles. The molecule has 0 heterocycles. The van der Waals surface area contributed by atoms with Crippen molar-refractivity contribution in [2.75, 3.05) is 0 Å². The van der Waals surface area contributed by atoms with E-state index in [1.165, 1.54) is 0 Å². The van der Waals surface area contributed by atoms with Gasteiger partial charge in [0.25, 0.3) is 5.91 Å². The summed E-state index contributed by atoms with van der Waals surface area (Å²) in [5, 5.41) is 2.54. The molecule has 0 bridgehead atoms. The van der Waals surface area contributed by atoms with Crippen molar-refractivity contribution in [3.8, 4) is 0 Å². The van der Waals surface area contributed by atoms with Crippen molar-refractivity contribution in [1.82, 2.24) is 5.32 Å². The maximum atomic E-state index is 12.3. The molecule has 0 aliphatic heterocycles. The van der Waals surface area contributed by atoms with Gasteiger partial charge in [0.15, 0.2) is 6.10 Å². The summed E-state index contributed by atoms with van der Waals surface area (Å²) in [6.07, 6.45) is -1.83. The van der Waals surface area contributed by atoms with Gasteiger partial charge in [-0.25, -0.2) is 4.79 Å². The summed E-state index contributed by atoms with van der Waals surface area (Å²) >= 11 is 0. The molecule has 0 aromatic rings. The van der Waals surface area contributed by atoms with Crippen LogP contribution in [0.1, 0.15) is 38.5 Å². The van der Waals surface area contributed by atoms with E-state index in [0.717, 1.165) is 32.1 Å². The number of amides is 1. The van der Waals surface area contributed by atoms with Crippen LogP contribution in [0.3, 0.4) is 0 Å². The minimum absolute atomic E-state index is 0.0412. The molecule has 0 saturated heterocycles. The van der Waals surface area contributed by atoms with E-state index in [9.17, 15) is 22.8 Å². The van der Waals surface area contributed by atoms with Gasteiger partial charge in [-0.15, -0.1) is 0 Å². The van der Waals surface area contributed by atoms with Crippen molar-refractivity contribution in [3.05, 3.63) is 0 Å². The van der Waals surface area contributed by atoms with Gasteiger partial charge in [0.2, 0.25) is 0 Å². The third-order valence-electron chi connectivity index (χ3n) is 3.87. The molecule has 0 radical (unpaired) electrons. The number of hydrogen-bond donors (Lipinski definition) is 2. The van der Waals surface area contributed by atoms with Gasteiger partial charge < -0.3 is 15.8 Å². The first-order chi connectivity index (χ1) is 9.77. The van der Waals surface area contributed by atoms with Crippen LogP contribution in [0.25, 0.3) is 0 Å². The highest BCUT2D eigenvalue weighted by molar-refractivity contribution is 5.86. The highest BCUT2D eigenvalue weighted by Crippen LogP contribution is 2.31. The number of carbonyl (C=O) groups is 2. The van der Waals surface area contributed by atoms with E-state index < -0.39 is 30.2 Å². The molecule has 1 unspecified atom stereocenters. The highest BCUT2D eigenvalue weighted by Gasteiger charge is 2.45. The number of esters is 1. The summed E-state index contributed by atoms with van der Waals surface area (Å²) in [5.41, 5.74) is 5.81. The van der Waals surface area contributed by atoms with E-state index in [4.69, 9.17) is 5.73 Å². The Morgan fingerprint density at radius 1 is 1.24 bits per heavy atom. The molecule has 2 aliphatic rings. The van der Waals surface area contributed by atoms with Crippen LogP contribution < -0.4 is 11.1 Å². The van der Waals surface area contributed by atoms with Gasteiger partial charge in [0, 0.05) is 6.04 Å². The number of nitrogens with two attached hydrogens (primary N) is 1. The molecular weight excluding hydrogens is 289 g/mol. The molecule has 2 atom stereocenters. The quantitative estimate of drug-likeness (QED) is 0.724. The Morgan fingerprint density at radius 2 is 1.86 bits per heavy atom. The first-order valence-corrected chi connectivity index (χ1v) is 7.11. The lowest BCUT2D eigenvalue weighted by atomic mass is 9.80. The molecule has 5 nitrogen and oxygen atoms in total. The Balaban J connectivity index is 1.97. The number of hydrogen-bond acceptors (Lipinski definition) is 4. The van der Waals surface area contributed by atoms with Crippen LogP contribution in [0.15, 0.2) is 0 Å². The van der Waals surface area contributed by atoms with Crippen molar-refractivity contribution in [2.45, 2.75) is 62.9 Å². The van der Waals surface area contributed by atoms with Crippen molar-refractivity contribution < 1.29 is 27.5 Å². The lowest BCUT2D eigenvalue weighted by Gasteiger charge is -2.31. The van der Waals surface area contributed by atoms with Crippen LogP contribution in [0.2, 0.25) is 0 Å². The van der Waals surface area contributed by atoms with Gasteiger partial charge in [-0.1, -0.05) is 19.3 Å². The second-order valence-corrected chi connectivity index (χ2v) is 5.80. The topological polar surface area (TPSA) is 81.4 Å². The summed E-state index contributed by atoms with van der Waals surface area (Å²) in [7, 11) is 0. The normalized spacial score (nSPS) is 22.1. The molecule has 120 valence electrons. The third-order valence-corrected chi connectivity index (χ3v) is 3.87. The molecule has 0 aromatic heterocycles. The van der Waals surface area contributed by atoms with Gasteiger partial charge >= 0.3 is 12.1 Å². The molecule has 2 rings (SSSR count). The fourth-order valence-electron chi connectivity index (χ4n) is 2.27. The van der Waals surface area contributed by atoms with Crippen molar-refractivity contribution in [2.24, 2.45) is 11.7 Å². The Bertz CT molecular complexity index is 406. The zero-order chi connectivity index (χ0) is 15.6. The van der Waals surface area contributed by atoms with Gasteiger partial charge in [-0.05, 0) is 25.2 Å². The lowest BCUT2D eigenvalue weighted by molar-refractivity contribution is -0.206. The average Bonchev–Trinajstić information content (AvgIpc) is 3.12. The molecular formula is C13H19F3N2O3. The maximum Gasteiger partial charge on any atom is 0.490 e. The smallest absolute Gasteiger partial charge is 0.444 e. The summed E-state index contributed by atoms with van der Waals surface area (Å²) in [6.45, 7) is 0. The highest BCUT2D eigenvalue weighted by atomic mass is 19.4. The van der Waals surface area contributed by atoms with E-state index in [2.05, 4.69) is 10.1 Å². The molecule has 1 amide bonds. The zero-order valence-corrected chi connectivity index (χ0v) is 11.5.